The Kier molecular flexibility index (Phi) is 5.46. The van der Waals surface area contributed by atoms with E-state index in [-0.39, 0.29) is 0 Å². The SMILES string of the molecule is CSCC(C)N(C)CC#N. The zero-order valence-corrected chi connectivity index (χ0v) is 7.61. The molecule has 0 bridgehead atoms. The van der Waals surface area contributed by atoms with Gasteiger partial charge >= 0.3 is 0 Å². The van der Waals surface area contributed by atoms with Crippen LogP contribution in [0.4, 0.5) is 0 Å². The van der Waals surface area contributed by atoms with Crippen molar-refractivity contribution in [3.05, 3.63) is 0 Å². The lowest BCUT2D eigenvalue weighted by atomic mass is 10.3. The van der Waals surface area contributed by atoms with Crippen molar-refractivity contribution in [3.8, 4) is 6.07 Å². The molecule has 58 valence electrons. The van der Waals surface area contributed by atoms with E-state index >= 15 is 0 Å². The average molecular weight is 158 g/mol. The van der Waals surface area contributed by atoms with Crippen molar-refractivity contribution < 1.29 is 0 Å². The number of nitriles is 1. The van der Waals surface area contributed by atoms with Crippen LogP contribution in [0.5, 0.6) is 0 Å². The van der Waals surface area contributed by atoms with Crippen LogP contribution in [0.25, 0.3) is 0 Å². The summed E-state index contributed by atoms with van der Waals surface area (Å²) in [6.45, 7) is 2.66. The Labute approximate surface area is 67.2 Å². The number of thioether (sulfide) groups is 1. The minimum atomic E-state index is 0.509. The molecule has 0 spiro atoms. The summed E-state index contributed by atoms with van der Waals surface area (Å²) in [7, 11) is 1.98. The summed E-state index contributed by atoms with van der Waals surface area (Å²) in [4.78, 5) is 2.05. The molecule has 0 radical (unpaired) electrons. The van der Waals surface area contributed by atoms with Gasteiger partial charge in [0.2, 0.25) is 0 Å². The summed E-state index contributed by atoms with van der Waals surface area (Å²) in [6, 6.07) is 2.63. The van der Waals surface area contributed by atoms with Crippen LogP contribution in [-0.2, 0) is 0 Å². The van der Waals surface area contributed by atoms with E-state index in [1.807, 2.05) is 18.8 Å². The lowest BCUT2D eigenvalue weighted by Gasteiger charge is -2.20. The molecule has 2 nitrogen and oxygen atoms in total. The lowest BCUT2D eigenvalue weighted by molar-refractivity contribution is 0.311. The largest absolute Gasteiger partial charge is 0.290 e. The minimum absolute atomic E-state index is 0.509. The predicted octanol–water partition coefficient (Wildman–Crippen LogP) is 1.19. The maximum atomic E-state index is 8.36. The van der Waals surface area contributed by atoms with Crippen LogP contribution >= 0.6 is 11.8 Å². The third kappa shape index (κ3) is 3.76. The van der Waals surface area contributed by atoms with Crippen LogP contribution in [0.3, 0.4) is 0 Å². The summed E-state index contributed by atoms with van der Waals surface area (Å²) in [6.07, 6.45) is 2.08. The molecule has 0 heterocycles. The summed E-state index contributed by atoms with van der Waals surface area (Å²) < 4.78 is 0. The average Bonchev–Trinajstić information content (AvgIpc) is 1.89. The van der Waals surface area contributed by atoms with Crippen molar-refractivity contribution in [2.75, 3.05) is 25.6 Å². The Morgan fingerprint density at radius 1 is 1.70 bits per heavy atom. The molecule has 0 aromatic rings. The van der Waals surface area contributed by atoms with E-state index < -0.39 is 0 Å². The van der Waals surface area contributed by atoms with Crippen LogP contribution in [0, 0.1) is 11.3 Å². The highest BCUT2D eigenvalue weighted by Crippen LogP contribution is 2.01. The molecule has 0 saturated carbocycles. The van der Waals surface area contributed by atoms with Crippen LogP contribution < -0.4 is 0 Å². The van der Waals surface area contributed by atoms with Crippen molar-refractivity contribution in [2.24, 2.45) is 0 Å². The summed E-state index contributed by atoms with van der Waals surface area (Å²) in [5.74, 6) is 1.10. The maximum absolute atomic E-state index is 8.36. The molecule has 0 aliphatic carbocycles. The fraction of sp³-hybridized carbons (Fsp3) is 0.857. The van der Waals surface area contributed by atoms with Gasteiger partial charge in [-0.1, -0.05) is 0 Å². The smallest absolute Gasteiger partial charge is 0.0866 e. The molecule has 0 aromatic carbocycles. The molecule has 1 unspecified atom stereocenters. The Balaban J connectivity index is 3.50. The van der Waals surface area contributed by atoms with Crippen LogP contribution in [0.15, 0.2) is 0 Å². The zero-order chi connectivity index (χ0) is 7.98. The molecule has 0 rings (SSSR count). The van der Waals surface area contributed by atoms with Crippen LogP contribution in [-0.4, -0.2) is 36.5 Å². The quantitative estimate of drug-likeness (QED) is 0.575. The standard InChI is InChI=1S/C7H14N2S/c1-7(6-10-3)9(2)5-4-8/h7H,5-6H2,1-3H3. The minimum Gasteiger partial charge on any atom is -0.290 e. The fourth-order valence-corrected chi connectivity index (χ4v) is 1.37. The molecule has 0 saturated heterocycles. The molecule has 10 heavy (non-hydrogen) atoms. The number of rotatable bonds is 4. The molecule has 0 amide bonds. The molecule has 3 heteroatoms. The molecule has 0 fully saturated rings. The molecular formula is C7H14N2S. The van der Waals surface area contributed by atoms with Gasteiger partial charge in [0, 0.05) is 11.8 Å². The summed E-state index contributed by atoms with van der Waals surface area (Å²) in [5, 5.41) is 8.36. The monoisotopic (exact) mass is 158 g/mol. The zero-order valence-electron chi connectivity index (χ0n) is 6.79. The summed E-state index contributed by atoms with van der Waals surface area (Å²) >= 11 is 1.81. The highest BCUT2D eigenvalue weighted by molar-refractivity contribution is 7.98. The van der Waals surface area contributed by atoms with Gasteiger partial charge in [-0.05, 0) is 20.2 Å². The van der Waals surface area contributed by atoms with E-state index in [0.29, 0.717) is 12.6 Å². The fourth-order valence-electron chi connectivity index (χ4n) is 0.636. The number of hydrogen-bond acceptors (Lipinski definition) is 3. The van der Waals surface area contributed by atoms with Crippen molar-refractivity contribution >= 4 is 11.8 Å². The Morgan fingerprint density at radius 3 is 2.70 bits per heavy atom. The highest BCUT2D eigenvalue weighted by Gasteiger charge is 2.05. The molecule has 0 aliphatic rings. The van der Waals surface area contributed by atoms with E-state index in [1.165, 1.54) is 0 Å². The predicted molar refractivity (Wildman–Crippen MR) is 46.1 cm³/mol. The lowest BCUT2D eigenvalue weighted by Crippen LogP contribution is -2.31. The molecule has 0 aromatic heterocycles. The van der Waals surface area contributed by atoms with Crippen molar-refractivity contribution in [2.45, 2.75) is 13.0 Å². The van der Waals surface area contributed by atoms with Crippen molar-refractivity contribution in [1.82, 2.24) is 4.90 Å². The van der Waals surface area contributed by atoms with Gasteiger partial charge in [-0.3, -0.25) is 4.90 Å². The third-order valence-corrected chi connectivity index (χ3v) is 2.30. The molecule has 1 atom stereocenters. The van der Waals surface area contributed by atoms with Gasteiger partial charge in [-0.25, -0.2) is 0 Å². The van der Waals surface area contributed by atoms with Gasteiger partial charge < -0.3 is 0 Å². The van der Waals surface area contributed by atoms with Crippen molar-refractivity contribution in [1.29, 1.82) is 5.26 Å². The van der Waals surface area contributed by atoms with Crippen LogP contribution in [0.1, 0.15) is 6.92 Å². The van der Waals surface area contributed by atoms with Gasteiger partial charge in [0.25, 0.3) is 0 Å². The molecule has 0 aliphatic heterocycles. The third-order valence-electron chi connectivity index (χ3n) is 1.48. The van der Waals surface area contributed by atoms with E-state index in [2.05, 4.69) is 24.1 Å². The summed E-state index contributed by atoms with van der Waals surface area (Å²) in [5.41, 5.74) is 0. The first-order valence-corrected chi connectivity index (χ1v) is 4.68. The number of hydrogen-bond donors (Lipinski definition) is 0. The van der Waals surface area contributed by atoms with Crippen LogP contribution in [0.2, 0.25) is 0 Å². The van der Waals surface area contributed by atoms with E-state index in [4.69, 9.17) is 5.26 Å². The van der Waals surface area contributed by atoms with Gasteiger partial charge in [0.15, 0.2) is 0 Å². The topological polar surface area (TPSA) is 27.0 Å². The van der Waals surface area contributed by atoms with E-state index in [0.717, 1.165) is 5.75 Å². The van der Waals surface area contributed by atoms with Gasteiger partial charge in [-0.15, -0.1) is 0 Å². The first kappa shape index (κ1) is 9.80. The Morgan fingerprint density at radius 2 is 2.30 bits per heavy atom. The van der Waals surface area contributed by atoms with Gasteiger partial charge in [-0.2, -0.15) is 17.0 Å². The second kappa shape index (κ2) is 5.57. The first-order chi connectivity index (χ1) is 4.72. The molecular weight excluding hydrogens is 144 g/mol. The first-order valence-electron chi connectivity index (χ1n) is 3.28. The second-order valence-corrected chi connectivity index (χ2v) is 3.29. The molecule has 0 N–H and O–H groups in total. The highest BCUT2D eigenvalue weighted by atomic mass is 32.2. The van der Waals surface area contributed by atoms with Crippen molar-refractivity contribution in [3.63, 3.8) is 0 Å². The van der Waals surface area contributed by atoms with Gasteiger partial charge in [0.05, 0.1) is 12.6 Å². The second-order valence-electron chi connectivity index (χ2n) is 2.38. The Hall–Kier alpha value is -0.200. The maximum Gasteiger partial charge on any atom is 0.0866 e. The van der Waals surface area contributed by atoms with E-state index in [9.17, 15) is 0 Å². The van der Waals surface area contributed by atoms with E-state index in [1.54, 1.807) is 0 Å². The Bertz CT molecular complexity index is 119. The normalized spacial score (nSPS) is 13.1. The number of nitrogens with zero attached hydrogens (tertiary/aromatic N) is 2. The van der Waals surface area contributed by atoms with Gasteiger partial charge in [0.1, 0.15) is 0 Å².